The normalized spacial score (nSPS) is 50.0. The van der Waals surface area contributed by atoms with Gasteiger partial charge in [-0.15, -0.1) is 0 Å². The molecule has 0 unspecified atom stereocenters. The molecular weight excluding hydrogens is 720 g/mol. The Morgan fingerprint density at radius 1 is 0.836 bits per heavy atom. The molecule has 15 nitrogen and oxygen atoms in total. The molecule has 0 bridgehead atoms. The Bertz CT molecular complexity index is 1540. The number of carbonyl (C=O) groups excluding carboxylic acids is 2. The van der Waals surface area contributed by atoms with Crippen molar-refractivity contribution < 1.29 is 74.1 Å². The fourth-order valence-electron chi connectivity index (χ4n) is 11.7. The highest BCUT2D eigenvalue weighted by molar-refractivity contribution is 5.90. The minimum atomic E-state index is -1.70. The zero-order valence-corrected chi connectivity index (χ0v) is 32.3. The molecule has 19 atom stereocenters. The highest BCUT2D eigenvalue weighted by Crippen LogP contribution is 2.67. The molecule has 0 aromatic heterocycles. The number of carbonyl (C=O) groups is 2. The summed E-state index contributed by atoms with van der Waals surface area (Å²) in [6.45, 7) is 8.68. The standard InChI is InChI=1S/C40H60O15/c1-17-12-28(55-35(49)18(17)2)40(5,50)26-9-8-22-21-7-6-19-13-20(14-27(42)39(19,4)23(21)10-11-38(22,26)3)52-37-34(48)32(46)30(44)25(54-37)16-51-36-33(47)31(45)29(43)24(15-41)53-36/h6,20-26,28-34,36-37,41,43-48,50H,7-16H2,1-5H3/t20-,21-,22-,23-,24-,25+,26-,28-,29+,30+,31+,32-,33+,34+,36-,37+,38-,39-,40+/m1/s1. The molecule has 7 rings (SSSR count). The van der Waals surface area contributed by atoms with Gasteiger partial charge in [-0.05, 0) is 95.3 Å². The fraction of sp³-hybridized carbons (Fsp3) is 0.850. The number of rotatable bonds is 8. The third kappa shape index (κ3) is 6.77. The van der Waals surface area contributed by atoms with Crippen LogP contribution in [0.3, 0.4) is 0 Å². The van der Waals surface area contributed by atoms with Crippen molar-refractivity contribution in [2.24, 2.45) is 34.5 Å². The van der Waals surface area contributed by atoms with Crippen molar-refractivity contribution in [2.45, 2.75) is 165 Å². The average molecular weight is 781 g/mol. The number of allylic oxidation sites excluding steroid dienone is 1. The Hall–Kier alpha value is -1.86. The number of aliphatic hydroxyl groups excluding tert-OH is 7. The average Bonchev–Trinajstić information content (AvgIpc) is 3.51. The summed E-state index contributed by atoms with van der Waals surface area (Å²) in [4.78, 5) is 26.9. The second kappa shape index (κ2) is 15.1. The minimum absolute atomic E-state index is 0.0231. The molecule has 55 heavy (non-hydrogen) atoms. The first-order valence-electron chi connectivity index (χ1n) is 19.9. The van der Waals surface area contributed by atoms with Crippen molar-refractivity contribution in [3.63, 3.8) is 0 Å². The summed E-state index contributed by atoms with van der Waals surface area (Å²) < 4.78 is 28.8. The van der Waals surface area contributed by atoms with Gasteiger partial charge in [0.2, 0.25) is 0 Å². The first kappa shape index (κ1) is 41.3. The quantitative estimate of drug-likeness (QED) is 0.121. The van der Waals surface area contributed by atoms with Crippen LogP contribution < -0.4 is 0 Å². The van der Waals surface area contributed by atoms with Gasteiger partial charge in [-0.25, -0.2) is 4.79 Å². The van der Waals surface area contributed by atoms with E-state index in [1.54, 1.807) is 6.92 Å². The van der Waals surface area contributed by atoms with Crippen molar-refractivity contribution in [1.82, 2.24) is 0 Å². The third-order valence-corrected chi connectivity index (χ3v) is 15.2. The van der Waals surface area contributed by atoms with Gasteiger partial charge in [-0.3, -0.25) is 4.79 Å². The molecule has 3 aliphatic heterocycles. The third-order valence-electron chi connectivity index (χ3n) is 15.2. The van der Waals surface area contributed by atoms with Crippen LogP contribution >= 0.6 is 0 Å². The van der Waals surface area contributed by atoms with Gasteiger partial charge in [0.1, 0.15) is 66.3 Å². The Labute approximate surface area is 321 Å². The maximum Gasteiger partial charge on any atom is 0.334 e. The molecule has 3 heterocycles. The molecule has 0 aromatic rings. The Kier molecular flexibility index (Phi) is 11.3. The van der Waals surface area contributed by atoms with E-state index < -0.39 is 97.8 Å². The number of hydrogen-bond acceptors (Lipinski definition) is 15. The summed E-state index contributed by atoms with van der Waals surface area (Å²) in [7, 11) is 0. The maximum atomic E-state index is 14.3. The first-order valence-corrected chi connectivity index (χ1v) is 19.9. The largest absolute Gasteiger partial charge is 0.456 e. The van der Waals surface area contributed by atoms with Gasteiger partial charge in [-0.2, -0.15) is 0 Å². The van der Waals surface area contributed by atoms with E-state index in [9.17, 15) is 50.4 Å². The highest BCUT2D eigenvalue weighted by Gasteiger charge is 2.64. The van der Waals surface area contributed by atoms with Crippen molar-refractivity contribution in [3.8, 4) is 0 Å². The fourth-order valence-corrected chi connectivity index (χ4v) is 11.7. The van der Waals surface area contributed by atoms with E-state index in [0.29, 0.717) is 18.4 Å². The van der Waals surface area contributed by atoms with Crippen LogP contribution in [0, 0.1) is 34.5 Å². The number of ether oxygens (including phenoxy) is 5. The highest BCUT2D eigenvalue weighted by atomic mass is 16.7. The van der Waals surface area contributed by atoms with E-state index in [1.807, 2.05) is 20.8 Å². The number of aliphatic hydroxyl groups is 8. The lowest BCUT2D eigenvalue weighted by molar-refractivity contribution is -0.336. The second-order valence-corrected chi connectivity index (χ2v) is 18.1. The molecule has 0 amide bonds. The van der Waals surface area contributed by atoms with Crippen molar-refractivity contribution in [1.29, 1.82) is 0 Å². The van der Waals surface area contributed by atoms with Crippen LogP contribution in [0.4, 0.5) is 0 Å². The molecule has 310 valence electrons. The van der Waals surface area contributed by atoms with Crippen LogP contribution in [-0.4, -0.2) is 145 Å². The smallest absolute Gasteiger partial charge is 0.334 e. The lowest BCUT2D eigenvalue weighted by Crippen LogP contribution is -2.62. The van der Waals surface area contributed by atoms with E-state index in [-0.39, 0.29) is 47.3 Å². The minimum Gasteiger partial charge on any atom is -0.456 e. The van der Waals surface area contributed by atoms with E-state index in [0.717, 1.165) is 43.3 Å². The summed E-state index contributed by atoms with van der Waals surface area (Å²) in [5.41, 5.74) is 0.398. The van der Waals surface area contributed by atoms with Gasteiger partial charge in [-0.1, -0.05) is 24.1 Å². The van der Waals surface area contributed by atoms with Crippen LogP contribution in [0.25, 0.3) is 0 Å². The van der Waals surface area contributed by atoms with Crippen molar-refractivity contribution in [2.75, 3.05) is 13.2 Å². The van der Waals surface area contributed by atoms with Crippen molar-refractivity contribution >= 4 is 11.8 Å². The van der Waals surface area contributed by atoms with Gasteiger partial charge in [0.05, 0.1) is 24.7 Å². The number of esters is 1. The number of Topliss-reactive ketones (excluding diaryl/α,β-unsaturated/α-hetero) is 1. The summed E-state index contributed by atoms with van der Waals surface area (Å²) >= 11 is 0. The Morgan fingerprint density at radius 2 is 1.49 bits per heavy atom. The van der Waals surface area contributed by atoms with Crippen LogP contribution in [-0.2, 0) is 33.3 Å². The number of ketones is 1. The molecule has 15 heteroatoms. The molecule has 0 aromatic carbocycles. The molecule has 0 radical (unpaired) electrons. The Balaban J connectivity index is 1.02. The second-order valence-electron chi connectivity index (χ2n) is 18.1. The number of cyclic esters (lactones) is 1. The molecule has 8 N–H and O–H groups in total. The number of fused-ring (bicyclic) bond motifs is 5. The van der Waals surface area contributed by atoms with Gasteiger partial charge in [0.15, 0.2) is 12.6 Å². The van der Waals surface area contributed by atoms with E-state index in [4.69, 9.17) is 23.7 Å². The lowest BCUT2D eigenvalue weighted by Gasteiger charge is -2.58. The van der Waals surface area contributed by atoms with Gasteiger partial charge >= 0.3 is 5.97 Å². The zero-order chi connectivity index (χ0) is 39.9. The predicted octanol–water partition coefficient (Wildman–Crippen LogP) is 0.157. The lowest BCUT2D eigenvalue weighted by atomic mass is 9.46. The van der Waals surface area contributed by atoms with Crippen LogP contribution in [0.15, 0.2) is 22.8 Å². The molecule has 0 spiro atoms. The monoisotopic (exact) mass is 780 g/mol. The molecular formula is C40H60O15. The van der Waals surface area contributed by atoms with E-state index in [1.165, 1.54) is 0 Å². The van der Waals surface area contributed by atoms with Gasteiger partial charge in [0, 0.05) is 18.4 Å². The van der Waals surface area contributed by atoms with E-state index in [2.05, 4.69) is 13.0 Å². The summed E-state index contributed by atoms with van der Waals surface area (Å²) in [5.74, 6) is 0.188. The molecule has 7 aliphatic rings. The van der Waals surface area contributed by atoms with Gasteiger partial charge in [0.25, 0.3) is 0 Å². The topological polar surface area (TPSA) is 242 Å². The van der Waals surface area contributed by atoms with Gasteiger partial charge < -0.3 is 64.5 Å². The Morgan fingerprint density at radius 3 is 2.16 bits per heavy atom. The van der Waals surface area contributed by atoms with Crippen LogP contribution in [0.1, 0.15) is 86.0 Å². The number of hydrogen-bond donors (Lipinski definition) is 8. The first-order chi connectivity index (χ1) is 25.8. The van der Waals surface area contributed by atoms with Crippen LogP contribution in [0.5, 0.6) is 0 Å². The van der Waals surface area contributed by atoms with Crippen molar-refractivity contribution in [3.05, 3.63) is 22.8 Å². The maximum absolute atomic E-state index is 14.3. The predicted molar refractivity (Wildman–Crippen MR) is 190 cm³/mol. The zero-order valence-electron chi connectivity index (χ0n) is 32.3. The molecule has 2 saturated heterocycles. The molecule has 3 saturated carbocycles. The molecule has 5 fully saturated rings. The summed E-state index contributed by atoms with van der Waals surface area (Å²) in [5, 5.41) is 84.4. The van der Waals surface area contributed by atoms with Crippen LogP contribution in [0.2, 0.25) is 0 Å². The van der Waals surface area contributed by atoms with E-state index >= 15 is 0 Å². The summed E-state index contributed by atoms with van der Waals surface area (Å²) in [6, 6.07) is 0. The molecule has 4 aliphatic carbocycles. The summed E-state index contributed by atoms with van der Waals surface area (Å²) in [6.07, 6.45) is -9.42. The SMILES string of the molecule is CC1=C(C)C(=O)O[C@@H]([C@@](C)(O)[C@@H]2CC[C@@H]3[C@H]4CC=C5C[C@@H](O[C@H]6O[C@@H](CO[C@@H]7O[C@H](CO)[C@H](O)[C@H](O)[C@@H]7O)[C@H](O)[C@@H](O)[C@@H]6O)CC(=O)[C@@]5(C)[C@@H]4CC[C@]32C)C1.